The molecule has 8 atom stereocenters. The SMILES string of the molecule is CC(=O)OC1=C2[C@H](CC[C@H]3C[C@H](OC(C)=O)CC[C@]23C)[C@@H]2CC[C@H]([C@H](C)OC(C)=O)[C@]2(C)C1. The van der Waals surface area contributed by atoms with Gasteiger partial charge in [0.25, 0.3) is 0 Å². The van der Waals surface area contributed by atoms with Gasteiger partial charge in [0.2, 0.25) is 0 Å². The summed E-state index contributed by atoms with van der Waals surface area (Å²) >= 11 is 0. The minimum absolute atomic E-state index is 0.0100. The van der Waals surface area contributed by atoms with E-state index in [4.69, 9.17) is 14.2 Å². The highest BCUT2D eigenvalue weighted by atomic mass is 16.5. The summed E-state index contributed by atoms with van der Waals surface area (Å²) in [6, 6.07) is 0. The van der Waals surface area contributed by atoms with Gasteiger partial charge in [0, 0.05) is 33.1 Å². The first-order valence-electron chi connectivity index (χ1n) is 12.7. The molecule has 0 aliphatic heterocycles. The summed E-state index contributed by atoms with van der Waals surface area (Å²) in [5.41, 5.74) is 1.26. The van der Waals surface area contributed by atoms with Crippen molar-refractivity contribution in [1.29, 1.82) is 0 Å². The number of esters is 3. The molecule has 0 unspecified atom stereocenters. The summed E-state index contributed by atoms with van der Waals surface area (Å²) < 4.78 is 17.2. The van der Waals surface area contributed by atoms with Gasteiger partial charge in [0.15, 0.2) is 0 Å². The summed E-state index contributed by atoms with van der Waals surface area (Å²) in [4.78, 5) is 35.4. The lowest BCUT2D eigenvalue weighted by molar-refractivity contribution is -0.154. The Morgan fingerprint density at radius 2 is 1.67 bits per heavy atom. The van der Waals surface area contributed by atoms with Crippen LogP contribution in [0, 0.1) is 34.5 Å². The average Bonchev–Trinajstić information content (AvgIpc) is 3.03. The number of rotatable bonds is 4. The third kappa shape index (κ3) is 4.23. The summed E-state index contributed by atoms with van der Waals surface area (Å²) in [6.45, 7) is 11.1. The Kier molecular flexibility index (Phi) is 6.43. The second kappa shape index (κ2) is 8.74. The first kappa shape index (κ1) is 24.3. The molecular formula is C27H40O6. The van der Waals surface area contributed by atoms with E-state index >= 15 is 0 Å². The minimum atomic E-state index is -0.264. The van der Waals surface area contributed by atoms with Crippen molar-refractivity contribution in [2.24, 2.45) is 34.5 Å². The molecular weight excluding hydrogens is 420 g/mol. The van der Waals surface area contributed by atoms with Crippen LogP contribution in [0.25, 0.3) is 0 Å². The van der Waals surface area contributed by atoms with E-state index in [0.717, 1.165) is 57.1 Å². The van der Waals surface area contributed by atoms with Gasteiger partial charge in [-0.25, -0.2) is 0 Å². The number of hydrogen-bond donors (Lipinski definition) is 0. The molecule has 0 radical (unpaired) electrons. The van der Waals surface area contributed by atoms with Crippen LogP contribution in [0.4, 0.5) is 0 Å². The first-order chi connectivity index (χ1) is 15.5. The van der Waals surface area contributed by atoms with Gasteiger partial charge in [-0.2, -0.15) is 0 Å². The molecule has 0 aromatic carbocycles. The van der Waals surface area contributed by atoms with E-state index < -0.39 is 0 Å². The predicted molar refractivity (Wildman–Crippen MR) is 123 cm³/mol. The normalized spacial score (nSPS) is 40.7. The Morgan fingerprint density at radius 3 is 2.30 bits per heavy atom. The van der Waals surface area contributed by atoms with Gasteiger partial charge >= 0.3 is 17.9 Å². The Morgan fingerprint density at radius 1 is 0.939 bits per heavy atom. The monoisotopic (exact) mass is 460 g/mol. The van der Waals surface area contributed by atoms with Gasteiger partial charge in [-0.3, -0.25) is 14.4 Å². The molecule has 0 N–H and O–H groups in total. The van der Waals surface area contributed by atoms with Crippen molar-refractivity contribution >= 4 is 17.9 Å². The molecule has 6 nitrogen and oxygen atoms in total. The smallest absolute Gasteiger partial charge is 0.307 e. The first-order valence-corrected chi connectivity index (χ1v) is 12.7. The second-order valence-corrected chi connectivity index (χ2v) is 11.5. The summed E-state index contributed by atoms with van der Waals surface area (Å²) in [6.07, 6.45) is 7.56. The van der Waals surface area contributed by atoms with Crippen LogP contribution < -0.4 is 0 Å². The standard InChI is InChI=1S/C27H40O6/c1-15(31-16(2)28)22-9-10-23-21-8-7-19-13-20(32-17(3)29)11-12-26(19,5)25(21)24(33-18(4)30)14-27(22,23)6/h15,19-23H,7-14H2,1-6H3/t15-,19-,20+,21+,22+,23-,26-,27-/m0/s1. The number of fused-ring (bicyclic) bond motifs is 5. The molecule has 0 amide bonds. The lowest BCUT2D eigenvalue weighted by atomic mass is 9.48. The van der Waals surface area contributed by atoms with Gasteiger partial charge in [0.05, 0.1) is 0 Å². The maximum Gasteiger partial charge on any atom is 0.307 e. The third-order valence-electron chi connectivity index (χ3n) is 9.57. The van der Waals surface area contributed by atoms with Crippen LogP contribution in [0.3, 0.4) is 0 Å². The fourth-order valence-corrected chi connectivity index (χ4v) is 8.41. The van der Waals surface area contributed by atoms with Crippen LogP contribution in [0.2, 0.25) is 0 Å². The van der Waals surface area contributed by atoms with Crippen molar-refractivity contribution in [2.75, 3.05) is 0 Å². The van der Waals surface area contributed by atoms with Crippen LogP contribution in [-0.2, 0) is 28.6 Å². The summed E-state index contributed by atoms with van der Waals surface area (Å²) in [5, 5.41) is 0. The lowest BCUT2D eigenvalue weighted by Crippen LogP contribution is -2.51. The Hall–Kier alpha value is -1.85. The van der Waals surface area contributed by atoms with E-state index in [9.17, 15) is 14.4 Å². The van der Waals surface area contributed by atoms with Gasteiger partial charge in [-0.1, -0.05) is 13.8 Å². The summed E-state index contributed by atoms with van der Waals surface area (Å²) in [5.74, 6) is 1.73. The number of carbonyl (C=O) groups is 3. The molecule has 184 valence electrons. The zero-order chi connectivity index (χ0) is 24.1. The van der Waals surface area contributed by atoms with Crippen molar-refractivity contribution in [3.8, 4) is 0 Å². The molecule has 0 spiro atoms. The van der Waals surface area contributed by atoms with Crippen molar-refractivity contribution in [3.63, 3.8) is 0 Å². The molecule has 6 heteroatoms. The molecule has 4 aliphatic carbocycles. The van der Waals surface area contributed by atoms with Crippen molar-refractivity contribution in [3.05, 3.63) is 11.3 Å². The molecule has 0 heterocycles. The Bertz CT molecular complexity index is 861. The maximum absolute atomic E-state index is 12.2. The Labute approximate surface area is 197 Å². The maximum atomic E-state index is 12.2. The van der Waals surface area contributed by atoms with E-state index in [-0.39, 0.29) is 46.9 Å². The average molecular weight is 461 g/mol. The zero-order valence-electron chi connectivity index (χ0n) is 21.1. The predicted octanol–water partition coefficient (Wildman–Crippen LogP) is 5.34. The van der Waals surface area contributed by atoms with E-state index in [2.05, 4.69) is 13.8 Å². The van der Waals surface area contributed by atoms with E-state index in [0.29, 0.717) is 17.8 Å². The van der Waals surface area contributed by atoms with Crippen LogP contribution in [0.15, 0.2) is 11.3 Å². The molecule has 3 saturated carbocycles. The van der Waals surface area contributed by atoms with Crippen LogP contribution in [-0.4, -0.2) is 30.1 Å². The molecule has 0 aromatic rings. The van der Waals surface area contributed by atoms with Gasteiger partial charge in [-0.05, 0) is 86.0 Å². The van der Waals surface area contributed by atoms with Crippen molar-refractivity contribution in [2.45, 2.75) is 105 Å². The molecule has 33 heavy (non-hydrogen) atoms. The largest absolute Gasteiger partial charge is 0.463 e. The highest BCUT2D eigenvalue weighted by Gasteiger charge is 2.61. The number of allylic oxidation sites excluding steroid dienone is 2. The minimum Gasteiger partial charge on any atom is -0.463 e. The highest BCUT2D eigenvalue weighted by molar-refractivity contribution is 5.68. The molecule has 0 aromatic heterocycles. The number of hydrogen-bond acceptors (Lipinski definition) is 6. The van der Waals surface area contributed by atoms with E-state index in [1.165, 1.54) is 26.3 Å². The number of carbonyl (C=O) groups excluding carboxylic acids is 3. The van der Waals surface area contributed by atoms with E-state index in [1.807, 2.05) is 6.92 Å². The topological polar surface area (TPSA) is 78.9 Å². The quantitative estimate of drug-likeness (QED) is 0.416. The highest BCUT2D eigenvalue weighted by Crippen LogP contribution is 2.67. The second-order valence-electron chi connectivity index (χ2n) is 11.5. The van der Waals surface area contributed by atoms with Crippen molar-refractivity contribution < 1.29 is 28.6 Å². The molecule has 0 bridgehead atoms. The van der Waals surface area contributed by atoms with Gasteiger partial charge < -0.3 is 14.2 Å². The van der Waals surface area contributed by atoms with Crippen LogP contribution >= 0.6 is 0 Å². The fourth-order valence-electron chi connectivity index (χ4n) is 8.41. The third-order valence-corrected chi connectivity index (χ3v) is 9.57. The molecule has 0 saturated heterocycles. The Balaban J connectivity index is 1.70. The zero-order valence-corrected chi connectivity index (χ0v) is 21.1. The van der Waals surface area contributed by atoms with Gasteiger partial charge in [-0.15, -0.1) is 0 Å². The van der Waals surface area contributed by atoms with Gasteiger partial charge in [0.1, 0.15) is 18.0 Å². The molecule has 3 fully saturated rings. The van der Waals surface area contributed by atoms with Crippen LogP contribution in [0.1, 0.15) is 92.9 Å². The molecule has 4 rings (SSSR count). The number of ether oxygens (including phenoxy) is 3. The van der Waals surface area contributed by atoms with Crippen LogP contribution in [0.5, 0.6) is 0 Å². The summed E-state index contributed by atoms with van der Waals surface area (Å²) in [7, 11) is 0. The van der Waals surface area contributed by atoms with Crippen molar-refractivity contribution in [1.82, 2.24) is 0 Å². The van der Waals surface area contributed by atoms with E-state index in [1.54, 1.807) is 0 Å². The molecule has 4 aliphatic rings. The fraction of sp³-hybridized carbons (Fsp3) is 0.815. The lowest BCUT2D eigenvalue weighted by Gasteiger charge is -2.57.